The molecule has 5 rings (SSSR count). The fraction of sp³-hybridized carbons (Fsp3) is 0.500. The monoisotopic (exact) mass is 532 g/mol. The molecule has 39 heavy (non-hydrogen) atoms. The highest BCUT2D eigenvalue weighted by Gasteiger charge is 2.45. The van der Waals surface area contributed by atoms with E-state index in [1.165, 1.54) is 10.5 Å². The number of hydrogen-bond donors (Lipinski definition) is 3. The van der Waals surface area contributed by atoms with Crippen molar-refractivity contribution in [1.29, 1.82) is 5.26 Å². The quantitative estimate of drug-likeness (QED) is 0.430. The van der Waals surface area contributed by atoms with Gasteiger partial charge in [-0.1, -0.05) is 31.2 Å². The number of nitrogens with zero attached hydrogens (tertiary/aromatic N) is 2. The van der Waals surface area contributed by atoms with E-state index in [9.17, 15) is 20.0 Å². The number of carbonyl (C=O) groups is 2. The summed E-state index contributed by atoms with van der Waals surface area (Å²) < 4.78 is 11.4. The predicted octanol–water partition coefficient (Wildman–Crippen LogP) is 3.00. The van der Waals surface area contributed by atoms with Crippen molar-refractivity contribution in [3.63, 3.8) is 0 Å². The molecule has 0 radical (unpaired) electrons. The number of cyclic esters (lactones) is 1. The second-order valence-corrected chi connectivity index (χ2v) is 10.8. The lowest BCUT2D eigenvalue weighted by atomic mass is 9.72. The Morgan fingerprint density at radius 3 is 2.79 bits per heavy atom. The number of aliphatic hydroxyl groups excluding tert-OH is 1. The maximum atomic E-state index is 12.9. The molecule has 1 saturated carbocycles. The van der Waals surface area contributed by atoms with Gasteiger partial charge in [-0.2, -0.15) is 5.26 Å². The number of benzene rings is 2. The Hall–Kier alpha value is -3.61. The lowest BCUT2D eigenvalue weighted by Gasteiger charge is -2.48. The van der Waals surface area contributed by atoms with E-state index in [0.717, 1.165) is 49.0 Å². The van der Waals surface area contributed by atoms with Crippen molar-refractivity contribution >= 4 is 12.0 Å². The first kappa shape index (κ1) is 27.0. The Bertz CT molecular complexity index is 1250. The minimum absolute atomic E-state index is 0.0211. The fourth-order valence-electron chi connectivity index (χ4n) is 5.70. The van der Waals surface area contributed by atoms with Crippen LogP contribution < -0.4 is 15.4 Å². The van der Waals surface area contributed by atoms with Crippen LogP contribution in [0, 0.1) is 11.3 Å². The van der Waals surface area contributed by atoms with Crippen LogP contribution in [0.5, 0.6) is 5.75 Å². The van der Waals surface area contributed by atoms with Gasteiger partial charge in [-0.05, 0) is 61.4 Å². The van der Waals surface area contributed by atoms with Gasteiger partial charge in [-0.3, -0.25) is 9.69 Å². The summed E-state index contributed by atoms with van der Waals surface area (Å²) in [6, 6.07) is 15.0. The van der Waals surface area contributed by atoms with Gasteiger partial charge in [0, 0.05) is 24.6 Å². The van der Waals surface area contributed by atoms with E-state index >= 15 is 0 Å². The molecule has 1 aliphatic carbocycles. The van der Waals surface area contributed by atoms with Gasteiger partial charge >= 0.3 is 6.09 Å². The molecule has 2 aliphatic heterocycles. The number of nitriles is 1. The lowest BCUT2D eigenvalue weighted by Crippen LogP contribution is -2.53. The average molecular weight is 533 g/mol. The van der Waals surface area contributed by atoms with Crippen molar-refractivity contribution in [2.75, 3.05) is 26.2 Å². The summed E-state index contributed by atoms with van der Waals surface area (Å²) in [5, 5.41) is 27.2. The molecule has 0 aromatic heterocycles. The molecule has 2 aromatic carbocycles. The van der Waals surface area contributed by atoms with Crippen LogP contribution in [0.2, 0.25) is 0 Å². The summed E-state index contributed by atoms with van der Waals surface area (Å²) in [4.78, 5) is 26.0. The molecular formula is C30H36N4O5. The van der Waals surface area contributed by atoms with Crippen molar-refractivity contribution in [3.8, 4) is 11.8 Å². The lowest BCUT2D eigenvalue weighted by molar-refractivity contribution is -0.123. The van der Waals surface area contributed by atoms with Crippen LogP contribution in [-0.2, 0) is 22.4 Å². The highest BCUT2D eigenvalue weighted by molar-refractivity contribution is 5.83. The maximum Gasteiger partial charge on any atom is 0.410 e. The van der Waals surface area contributed by atoms with Crippen LogP contribution in [0.15, 0.2) is 42.5 Å². The predicted molar refractivity (Wildman–Crippen MR) is 144 cm³/mol. The number of amides is 2. The summed E-state index contributed by atoms with van der Waals surface area (Å²) in [5.74, 6) is 0.535. The molecular weight excluding hydrogens is 496 g/mol. The molecule has 9 nitrogen and oxygen atoms in total. The first-order chi connectivity index (χ1) is 18.9. The number of hydrogen-bond acceptors (Lipinski definition) is 7. The van der Waals surface area contributed by atoms with Gasteiger partial charge in [-0.25, -0.2) is 4.79 Å². The van der Waals surface area contributed by atoms with E-state index in [-0.39, 0.29) is 37.2 Å². The van der Waals surface area contributed by atoms with Crippen molar-refractivity contribution < 1.29 is 24.2 Å². The van der Waals surface area contributed by atoms with Gasteiger partial charge in [0.1, 0.15) is 24.5 Å². The topological polar surface area (TPSA) is 124 Å². The van der Waals surface area contributed by atoms with Crippen LogP contribution in [-0.4, -0.2) is 66.0 Å². The number of carbonyl (C=O) groups excluding carboxylic acids is 2. The molecule has 2 aromatic rings. The van der Waals surface area contributed by atoms with Gasteiger partial charge in [0.05, 0.1) is 30.3 Å². The van der Waals surface area contributed by atoms with Crippen LogP contribution in [0.3, 0.4) is 0 Å². The van der Waals surface area contributed by atoms with Crippen molar-refractivity contribution in [2.45, 2.75) is 69.2 Å². The smallest absolute Gasteiger partial charge is 0.410 e. The molecule has 9 heteroatoms. The standard InChI is InChI=1S/C30H36N4O5/c1-2-20-7-8-27-23(14-20)25(16-30(39-27)9-4-10-30)32-18-26(35)24(15-21-5-3-6-22(13-21)17-31)33-28(36)19-34-11-12-38-29(34)37/h3,5-8,13-14,24-26,32,35H,2,4,9-12,15-16,18-19H2,1H3,(H,33,36)/t24-,25-,26+/m0/s1. The highest BCUT2D eigenvalue weighted by atomic mass is 16.6. The van der Waals surface area contributed by atoms with Gasteiger partial charge < -0.3 is 25.2 Å². The number of rotatable bonds is 10. The normalized spacial score (nSPS) is 20.7. The third kappa shape index (κ3) is 6.18. The van der Waals surface area contributed by atoms with E-state index in [2.05, 4.69) is 41.8 Å². The van der Waals surface area contributed by atoms with E-state index in [0.29, 0.717) is 18.5 Å². The zero-order valence-electron chi connectivity index (χ0n) is 22.3. The minimum Gasteiger partial charge on any atom is -0.487 e. The molecule has 1 spiro atoms. The van der Waals surface area contributed by atoms with Gasteiger partial charge in [0.15, 0.2) is 0 Å². The SMILES string of the molecule is CCc1ccc2c(c1)[C@@H](NC[C@@H](O)[C@H](Cc1cccc(C#N)c1)NC(=O)CN1CCOC1=O)CC1(CCC1)O2. The number of aryl methyl sites for hydroxylation is 1. The summed E-state index contributed by atoms with van der Waals surface area (Å²) in [6.45, 7) is 2.86. The average Bonchev–Trinajstić information content (AvgIpc) is 3.33. The van der Waals surface area contributed by atoms with Gasteiger partial charge in [-0.15, -0.1) is 0 Å². The third-order valence-corrected chi connectivity index (χ3v) is 8.10. The van der Waals surface area contributed by atoms with Crippen molar-refractivity contribution in [2.24, 2.45) is 0 Å². The first-order valence-electron chi connectivity index (χ1n) is 13.8. The summed E-state index contributed by atoms with van der Waals surface area (Å²) >= 11 is 0. The first-order valence-corrected chi connectivity index (χ1v) is 13.8. The van der Waals surface area contributed by atoms with E-state index in [1.54, 1.807) is 18.2 Å². The molecule has 1 saturated heterocycles. The second-order valence-electron chi connectivity index (χ2n) is 10.8. The van der Waals surface area contributed by atoms with Crippen LogP contribution in [0.1, 0.15) is 60.9 Å². The molecule has 3 atom stereocenters. The Morgan fingerprint density at radius 1 is 1.26 bits per heavy atom. The number of nitrogens with one attached hydrogen (secondary N) is 2. The number of aliphatic hydroxyl groups is 1. The minimum atomic E-state index is -0.914. The van der Waals surface area contributed by atoms with Gasteiger partial charge in [0.25, 0.3) is 0 Å². The second kappa shape index (κ2) is 11.6. The third-order valence-electron chi connectivity index (χ3n) is 8.10. The highest BCUT2D eigenvalue weighted by Crippen LogP contribution is 2.49. The number of ether oxygens (including phenoxy) is 2. The van der Waals surface area contributed by atoms with Gasteiger partial charge in [0.2, 0.25) is 5.91 Å². The van der Waals surface area contributed by atoms with E-state index in [4.69, 9.17) is 9.47 Å². The summed E-state index contributed by atoms with van der Waals surface area (Å²) in [7, 11) is 0. The largest absolute Gasteiger partial charge is 0.487 e. The van der Waals surface area contributed by atoms with Crippen LogP contribution in [0.4, 0.5) is 4.79 Å². The van der Waals surface area contributed by atoms with Crippen LogP contribution >= 0.6 is 0 Å². The Balaban J connectivity index is 1.30. The van der Waals surface area contributed by atoms with Crippen molar-refractivity contribution in [3.05, 3.63) is 64.7 Å². The van der Waals surface area contributed by atoms with Crippen LogP contribution in [0.25, 0.3) is 0 Å². The molecule has 2 heterocycles. The fourth-order valence-corrected chi connectivity index (χ4v) is 5.70. The molecule has 0 unspecified atom stereocenters. The molecule has 206 valence electrons. The number of fused-ring (bicyclic) bond motifs is 1. The van der Waals surface area contributed by atoms with E-state index in [1.807, 2.05) is 6.07 Å². The summed E-state index contributed by atoms with van der Waals surface area (Å²) in [5.41, 5.74) is 3.53. The Kier molecular flexibility index (Phi) is 8.05. The molecule has 3 aliphatic rings. The maximum absolute atomic E-state index is 12.9. The molecule has 2 amide bonds. The zero-order valence-corrected chi connectivity index (χ0v) is 22.3. The summed E-state index contributed by atoms with van der Waals surface area (Å²) in [6.07, 6.45) is 3.86. The molecule has 0 bridgehead atoms. The zero-order chi connectivity index (χ0) is 27.4. The molecule has 3 N–H and O–H groups in total. The Morgan fingerprint density at radius 2 is 2.10 bits per heavy atom. The molecule has 2 fully saturated rings. The van der Waals surface area contributed by atoms with E-state index < -0.39 is 18.2 Å². The van der Waals surface area contributed by atoms with Crippen molar-refractivity contribution in [1.82, 2.24) is 15.5 Å². The Labute approximate surface area is 229 Å².